The van der Waals surface area contributed by atoms with Gasteiger partial charge in [0.15, 0.2) is 12.4 Å². The van der Waals surface area contributed by atoms with Gasteiger partial charge in [0.25, 0.3) is 5.91 Å². The number of hydrogen-bond acceptors (Lipinski definition) is 9. The standard InChI is InChI=1S/C24H26Cl2N4O10/c25-12-3-1-4-13(26)21(12)24(39)40-11-17(32)15(9-20(35)36)28-22(37)16-5-2-8-29-19(34)7-6-14(23(38)30(16)29)27-18(33)10-31/h1,3-4,14-16,31H,2,5-11H2,(H,27,33)(H,28,37)(H,35,36)/t14-,15-,16-/m0/s1. The molecule has 2 fully saturated rings. The smallest absolute Gasteiger partial charge is 0.341 e. The molecule has 2 heterocycles. The van der Waals surface area contributed by atoms with Gasteiger partial charge < -0.3 is 25.6 Å². The number of nitrogens with zero attached hydrogens (tertiary/aromatic N) is 2. The molecule has 14 nitrogen and oxygen atoms in total. The number of carboxylic acid groups (broad SMARTS) is 1. The zero-order valence-corrected chi connectivity index (χ0v) is 22.4. The van der Waals surface area contributed by atoms with Gasteiger partial charge in [0.2, 0.25) is 17.7 Å². The quantitative estimate of drug-likeness (QED) is 0.258. The maximum atomic E-state index is 13.3. The summed E-state index contributed by atoms with van der Waals surface area (Å²) < 4.78 is 4.96. The number of carboxylic acids is 1. The summed E-state index contributed by atoms with van der Waals surface area (Å²) in [6.07, 6.45) is -0.669. The van der Waals surface area contributed by atoms with E-state index >= 15 is 0 Å². The van der Waals surface area contributed by atoms with E-state index in [0.717, 1.165) is 10.0 Å². The van der Waals surface area contributed by atoms with Gasteiger partial charge in [0.05, 0.1) is 22.0 Å². The summed E-state index contributed by atoms with van der Waals surface area (Å²) in [5.41, 5.74) is -0.202. The molecule has 4 N–H and O–H groups in total. The first-order chi connectivity index (χ1) is 18.9. The summed E-state index contributed by atoms with van der Waals surface area (Å²) >= 11 is 11.9. The van der Waals surface area contributed by atoms with Gasteiger partial charge in [-0.05, 0) is 31.4 Å². The Balaban J connectivity index is 1.76. The van der Waals surface area contributed by atoms with Crippen LogP contribution in [-0.2, 0) is 33.5 Å². The van der Waals surface area contributed by atoms with Gasteiger partial charge in [0.1, 0.15) is 24.7 Å². The number of aliphatic carboxylic acids is 1. The monoisotopic (exact) mass is 600 g/mol. The highest BCUT2D eigenvalue weighted by atomic mass is 35.5. The fraction of sp³-hybridized carbons (Fsp3) is 0.458. The number of benzene rings is 1. The SMILES string of the molecule is O=C(O)C[C@H](NC(=O)[C@@H]1CCCN2C(=O)CC[C@H](NC(=O)CO)C(=O)N12)C(=O)COC(=O)c1c(Cl)cccc1Cl. The molecule has 0 bridgehead atoms. The first kappa shape index (κ1) is 30.8. The van der Waals surface area contributed by atoms with Crippen LogP contribution in [0.5, 0.6) is 0 Å². The Morgan fingerprint density at radius 3 is 2.40 bits per heavy atom. The van der Waals surface area contributed by atoms with Gasteiger partial charge >= 0.3 is 11.9 Å². The number of amides is 4. The third-order valence-electron chi connectivity index (χ3n) is 6.24. The predicted octanol–water partition coefficient (Wildman–Crippen LogP) is -0.316. The summed E-state index contributed by atoms with van der Waals surface area (Å²) in [5, 5.41) is 24.9. The van der Waals surface area contributed by atoms with Gasteiger partial charge in [-0.25, -0.2) is 9.80 Å². The van der Waals surface area contributed by atoms with Gasteiger partial charge in [-0.3, -0.25) is 33.8 Å². The van der Waals surface area contributed by atoms with Crippen molar-refractivity contribution in [2.45, 2.75) is 50.2 Å². The van der Waals surface area contributed by atoms with E-state index in [0.29, 0.717) is 6.42 Å². The number of esters is 1. The molecule has 0 spiro atoms. The molecule has 1 aromatic rings. The molecular formula is C24H26Cl2N4O10. The second-order valence-corrected chi connectivity index (χ2v) is 9.79. The fourth-order valence-electron chi connectivity index (χ4n) is 4.34. The Morgan fingerprint density at radius 2 is 1.77 bits per heavy atom. The zero-order chi connectivity index (χ0) is 29.6. The van der Waals surface area contributed by atoms with Crippen molar-refractivity contribution in [1.29, 1.82) is 0 Å². The van der Waals surface area contributed by atoms with Crippen molar-refractivity contribution in [2.75, 3.05) is 19.8 Å². The Kier molecular flexibility index (Phi) is 10.4. The summed E-state index contributed by atoms with van der Waals surface area (Å²) in [5.74, 6) is -6.49. The number of halogens is 2. The Labute approximate surface area is 237 Å². The van der Waals surface area contributed by atoms with E-state index < -0.39 is 79.1 Å². The fourth-order valence-corrected chi connectivity index (χ4v) is 4.89. The number of hydrogen-bond donors (Lipinski definition) is 4. The third kappa shape index (κ3) is 7.25. The van der Waals surface area contributed by atoms with Crippen molar-refractivity contribution in [3.8, 4) is 0 Å². The predicted molar refractivity (Wildman–Crippen MR) is 136 cm³/mol. The minimum absolute atomic E-state index is 0.0349. The largest absolute Gasteiger partial charge is 0.481 e. The third-order valence-corrected chi connectivity index (χ3v) is 6.87. The Morgan fingerprint density at radius 1 is 1.10 bits per heavy atom. The highest BCUT2D eigenvalue weighted by Crippen LogP contribution is 2.26. The lowest BCUT2D eigenvalue weighted by molar-refractivity contribution is -0.176. The molecule has 0 radical (unpaired) electrons. The van der Waals surface area contributed by atoms with E-state index in [1.807, 2.05) is 0 Å². The van der Waals surface area contributed by atoms with Crippen molar-refractivity contribution in [2.24, 2.45) is 0 Å². The lowest BCUT2D eigenvalue weighted by atomic mass is 10.0. The molecule has 40 heavy (non-hydrogen) atoms. The summed E-state index contributed by atoms with van der Waals surface area (Å²) in [6.45, 7) is -1.70. The molecule has 216 valence electrons. The average Bonchev–Trinajstić information content (AvgIpc) is 3.02. The number of ether oxygens (including phenoxy) is 1. The molecule has 3 rings (SSSR count). The number of nitrogens with one attached hydrogen (secondary N) is 2. The highest BCUT2D eigenvalue weighted by molar-refractivity contribution is 6.39. The van der Waals surface area contributed by atoms with E-state index in [1.54, 1.807) is 0 Å². The van der Waals surface area contributed by atoms with Crippen LogP contribution < -0.4 is 10.6 Å². The maximum Gasteiger partial charge on any atom is 0.341 e. The molecule has 0 saturated carbocycles. The first-order valence-corrected chi connectivity index (χ1v) is 12.9. The molecule has 2 saturated heterocycles. The van der Waals surface area contributed by atoms with Crippen LogP contribution in [0, 0.1) is 0 Å². The molecule has 0 aromatic heterocycles. The molecule has 0 aliphatic carbocycles. The first-order valence-electron chi connectivity index (χ1n) is 12.1. The second kappa shape index (κ2) is 13.5. The summed E-state index contributed by atoms with van der Waals surface area (Å²) in [4.78, 5) is 87.6. The van der Waals surface area contributed by atoms with Crippen LogP contribution in [0.3, 0.4) is 0 Å². The van der Waals surface area contributed by atoms with Crippen molar-refractivity contribution < 1.29 is 48.5 Å². The Hall–Kier alpha value is -3.75. The van der Waals surface area contributed by atoms with Gasteiger partial charge in [-0.15, -0.1) is 0 Å². The number of aliphatic hydroxyl groups is 1. The van der Waals surface area contributed by atoms with Gasteiger partial charge in [0, 0.05) is 13.0 Å². The van der Waals surface area contributed by atoms with Crippen LogP contribution in [0.4, 0.5) is 0 Å². The van der Waals surface area contributed by atoms with Gasteiger partial charge in [-0.1, -0.05) is 29.3 Å². The number of fused-ring (bicyclic) bond motifs is 1. The number of Topliss-reactive ketones (excluding diaryl/α,β-unsaturated/α-hetero) is 1. The highest BCUT2D eigenvalue weighted by Gasteiger charge is 2.45. The minimum atomic E-state index is -1.66. The number of hydrazine groups is 1. The van der Waals surface area contributed by atoms with Crippen LogP contribution in [0.2, 0.25) is 10.0 Å². The topological polar surface area (TPSA) is 200 Å². The molecule has 4 amide bonds. The Bertz CT molecular complexity index is 1210. The van der Waals surface area contributed by atoms with E-state index in [4.69, 9.17) is 33.0 Å². The van der Waals surface area contributed by atoms with Gasteiger partial charge in [-0.2, -0.15) is 0 Å². The number of ketones is 1. The molecular weight excluding hydrogens is 575 g/mol. The zero-order valence-electron chi connectivity index (χ0n) is 20.9. The van der Waals surface area contributed by atoms with Crippen LogP contribution in [0.15, 0.2) is 18.2 Å². The second-order valence-electron chi connectivity index (χ2n) is 8.97. The van der Waals surface area contributed by atoms with Crippen LogP contribution >= 0.6 is 23.2 Å². The van der Waals surface area contributed by atoms with Crippen molar-refractivity contribution in [3.05, 3.63) is 33.8 Å². The number of aliphatic hydroxyl groups excluding tert-OH is 1. The normalized spacial score (nSPS) is 19.7. The van der Waals surface area contributed by atoms with E-state index in [9.17, 15) is 38.7 Å². The van der Waals surface area contributed by atoms with Crippen molar-refractivity contribution in [3.63, 3.8) is 0 Å². The van der Waals surface area contributed by atoms with Crippen molar-refractivity contribution >= 4 is 64.6 Å². The van der Waals surface area contributed by atoms with Crippen LogP contribution in [-0.4, -0.2) is 99.5 Å². The molecule has 1 aromatic carbocycles. The van der Waals surface area contributed by atoms with E-state index in [1.165, 1.54) is 18.2 Å². The van der Waals surface area contributed by atoms with Crippen LogP contribution in [0.25, 0.3) is 0 Å². The number of carbonyl (C=O) groups is 7. The van der Waals surface area contributed by atoms with E-state index in [-0.39, 0.29) is 41.4 Å². The molecule has 3 atom stereocenters. The molecule has 2 aliphatic heterocycles. The maximum absolute atomic E-state index is 13.3. The molecule has 2 aliphatic rings. The molecule has 16 heteroatoms. The van der Waals surface area contributed by atoms with Crippen molar-refractivity contribution in [1.82, 2.24) is 20.7 Å². The summed E-state index contributed by atoms with van der Waals surface area (Å²) in [6, 6.07) is 0.0727. The lowest BCUT2D eigenvalue weighted by Crippen LogP contribution is -2.64. The van der Waals surface area contributed by atoms with E-state index in [2.05, 4.69) is 10.6 Å². The van der Waals surface area contributed by atoms with Crippen LogP contribution in [0.1, 0.15) is 42.5 Å². The number of carbonyl (C=O) groups excluding carboxylic acids is 6. The molecule has 0 unspecified atom stereocenters. The average molecular weight is 601 g/mol. The summed E-state index contributed by atoms with van der Waals surface area (Å²) in [7, 11) is 0. The lowest BCUT2D eigenvalue weighted by Gasteiger charge is -2.43. The minimum Gasteiger partial charge on any atom is -0.481 e. The number of rotatable bonds is 10.